The molecule has 2 atom stereocenters. The maximum atomic E-state index is 13.3. The van der Waals surface area contributed by atoms with Crippen LogP contribution in [-0.2, 0) is 4.79 Å². The van der Waals surface area contributed by atoms with Crippen LogP contribution >= 0.6 is 27.7 Å². The molecule has 0 saturated carbocycles. The van der Waals surface area contributed by atoms with Crippen molar-refractivity contribution in [2.24, 2.45) is 0 Å². The molecule has 1 amide bonds. The van der Waals surface area contributed by atoms with Gasteiger partial charge in [-0.05, 0) is 77.7 Å². The number of thioether (sulfide) groups is 1. The quantitative estimate of drug-likeness (QED) is 0.568. The van der Waals surface area contributed by atoms with E-state index in [0.29, 0.717) is 5.16 Å². The summed E-state index contributed by atoms with van der Waals surface area (Å²) in [5.41, 5.74) is 7.46. The molecule has 0 aliphatic carbocycles. The second-order valence-corrected chi connectivity index (χ2v) is 9.16. The highest BCUT2D eigenvalue weighted by Gasteiger charge is 2.37. The van der Waals surface area contributed by atoms with Gasteiger partial charge in [-0.2, -0.15) is 0 Å². The Hall–Kier alpha value is -2.52. The molecule has 3 aromatic rings. The van der Waals surface area contributed by atoms with E-state index < -0.39 is 5.25 Å². The highest BCUT2D eigenvalue weighted by molar-refractivity contribution is 9.10. The number of ether oxygens (including phenoxy) is 1. The van der Waals surface area contributed by atoms with Gasteiger partial charge in [-0.25, -0.2) is 4.68 Å². The number of fused-ring (bicyclic) bond motifs is 1. The van der Waals surface area contributed by atoms with E-state index in [-0.39, 0.29) is 11.9 Å². The Kier molecular flexibility index (Phi) is 5.75. The van der Waals surface area contributed by atoms with Crippen molar-refractivity contribution in [1.29, 1.82) is 0 Å². The SMILES string of the molecule is COc1ccc([C@@H]2Nn3c(C)nnc3S[C@H]2C(=O)Nc2ccc(C)c(C)c2)cc1Br. The summed E-state index contributed by atoms with van der Waals surface area (Å²) in [6.07, 6.45) is 0. The first-order valence-corrected chi connectivity index (χ1v) is 11.1. The van der Waals surface area contributed by atoms with E-state index >= 15 is 0 Å². The number of amides is 1. The van der Waals surface area contributed by atoms with Crippen molar-refractivity contribution in [3.05, 3.63) is 63.4 Å². The van der Waals surface area contributed by atoms with E-state index in [1.807, 2.05) is 54.9 Å². The molecule has 0 unspecified atom stereocenters. The number of aryl methyl sites for hydroxylation is 3. The largest absolute Gasteiger partial charge is 0.496 e. The Morgan fingerprint density at radius 3 is 2.67 bits per heavy atom. The highest BCUT2D eigenvalue weighted by Crippen LogP contribution is 2.39. The molecule has 0 spiro atoms. The summed E-state index contributed by atoms with van der Waals surface area (Å²) in [5.74, 6) is 1.38. The zero-order valence-electron chi connectivity index (χ0n) is 17.1. The lowest BCUT2D eigenvalue weighted by Crippen LogP contribution is -2.41. The number of hydrogen-bond donors (Lipinski definition) is 2. The smallest absolute Gasteiger partial charge is 0.240 e. The molecule has 0 radical (unpaired) electrons. The number of methoxy groups -OCH3 is 1. The lowest BCUT2D eigenvalue weighted by atomic mass is 10.0. The van der Waals surface area contributed by atoms with Gasteiger partial charge >= 0.3 is 0 Å². The minimum absolute atomic E-state index is 0.0976. The van der Waals surface area contributed by atoms with Crippen molar-refractivity contribution in [1.82, 2.24) is 14.9 Å². The number of aromatic nitrogens is 3. The van der Waals surface area contributed by atoms with Gasteiger partial charge in [0.05, 0.1) is 17.6 Å². The van der Waals surface area contributed by atoms with Crippen molar-refractivity contribution < 1.29 is 9.53 Å². The van der Waals surface area contributed by atoms with Crippen LogP contribution in [0.3, 0.4) is 0 Å². The van der Waals surface area contributed by atoms with Crippen LogP contribution < -0.4 is 15.5 Å². The molecule has 2 heterocycles. The van der Waals surface area contributed by atoms with Gasteiger partial charge in [0.2, 0.25) is 11.1 Å². The summed E-state index contributed by atoms with van der Waals surface area (Å²) < 4.78 is 8.00. The predicted octanol–water partition coefficient (Wildman–Crippen LogP) is 4.37. The van der Waals surface area contributed by atoms with Gasteiger partial charge < -0.3 is 15.5 Å². The third-order valence-corrected chi connectivity index (χ3v) is 7.00. The van der Waals surface area contributed by atoms with Crippen molar-refractivity contribution in [3.63, 3.8) is 0 Å². The van der Waals surface area contributed by atoms with E-state index in [4.69, 9.17) is 4.74 Å². The van der Waals surface area contributed by atoms with Crippen LogP contribution in [0.1, 0.15) is 28.6 Å². The molecule has 7 nitrogen and oxygen atoms in total. The summed E-state index contributed by atoms with van der Waals surface area (Å²) in [4.78, 5) is 13.3. The molecule has 4 rings (SSSR count). The van der Waals surface area contributed by atoms with E-state index in [9.17, 15) is 4.79 Å². The van der Waals surface area contributed by atoms with Crippen LogP contribution in [0.5, 0.6) is 5.75 Å². The minimum Gasteiger partial charge on any atom is -0.496 e. The lowest BCUT2D eigenvalue weighted by molar-refractivity contribution is -0.116. The maximum Gasteiger partial charge on any atom is 0.240 e. The molecule has 1 aliphatic rings. The second kappa shape index (κ2) is 8.31. The van der Waals surface area contributed by atoms with Gasteiger partial charge in [-0.3, -0.25) is 4.79 Å². The molecule has 0 saturated heterocycles. The fraction of sp³-hybridized carbons (Fsp3) is 0.286. The molecular formula is C21H22BrN5O2S. The molecule has 1 aliphatic heterocycles. The maximum absolute atomic E-state index is 13.3. The first-order valence-electron chi connectivity index (χ1n) is 9.44. The Morgan fingerprint density at radius 1 is 1.17 bits per heavy atom. The van der Waals surface area contributed by atoms with Gasteiger partial charge in [0.1, 0.15) is 16.8 Å². The fourth-order valence-corrected chi connectivity index (χ4v) is 5.00. The van der Waals surface area contributed by atoms with Crippen LogP contribution in [0.2, 0.25) is 0 Å². The topological polar surface area (TPSA) is 81.1 Å². The molecule has 2 aromatic carbocycles. The molecule has 30 heavy (non-hydrogen) atoms. The number of benzene rings is 2. The van der Waals surface area contributed by atoms with Gasteiger partial charge in [0, 0.05) is 5.69 Å². The average molecular weight is 488 g/mol. The minimum atomic E-state index is -0.442. The van der Waals surface area contributed by atoms with Crippen molar-refractivity contribution in [3.8, 4) is 5.75 Å². The van der Waals surface area contributed by atoms with Gasteiger partial charge in [0.15, 0.2) is 0 Å². The summed E-state index contributed by atoms with van der Waals surface area (Å²) >= 11 is 4.95. The summed E-state index contributed by atoms with van der Waals surface area (Å²) in [7, 11) is 1.63. The Morgan fingerprint density at radius 2 is 1.97 bits per heavy atom. The summed E-state index contributed by atoms with van der Waals surface area (Å²) in [6, 6.07) is 11.5. The zero-order chi connectivity index (χ0) is 21.4. The Balaban J connectivity index is 1.68. The number of halogens is 1. The van der Waals surface area contributed by atoms with Crippen molar-refractivity contribution in [2.45, 2.75) is 37.2 Å². The summed E-state index contributed by atoms with van der Waals surface area (Å²) in [5, 5.41) is 11.6. The van der Waals surface area contributed by atoms with Crippen molar-refractivity contribution >= 4 is 39.3 Å². The van der Waals surface area contributed by atoms with Crippen LogP contribution in [-0.4, -0.2) is 33.1 Å². The molecular weight excluding hydrogens is 466 g/mol. The first-order chi connectivity index (χ1) is 14.4. The van der Waals surface area contributed by atoms with Gasteiger partial charge in [0.25, 0.3) is 0 Å². The number of carbonyl (C=O) groups is 1. The van der Waals surface area contributed by atoms with Gasteiger partial charge in [-0.15, -0.1) is 10.2 Å². The predicted molar refractivity (Wildman–Crippen MR) is 122 cm³/mol. The van der Waals surface area contributed by atoms with Crippen LogP contribution in [0.15, 0.2) is 46.0 Å². The lowest BCUT2D eigenvalue weighted by Gasteiger charge is -2.33. The summed E-state index contributed by atoms with van der Waals surface area (Å²) in [6.45, 7) is 5.96. The van der Waals surface area contributed by atoms with Crippen LogP contribution in [0.25, 0.3) is 0 Å². The van der Waals surface area contributed by atoms with Crippen LogP contribution in [0, 0.1) is 20.8 Å². The Bertz CT molecular complexity index is 1120. The molecule has 2 N–H and O–H groups in total. The number of nitrogens with zero attached hydrogens (tertiary/aromatic N) is 3. The number of hydrogen-bond acceptors (Lipinski definition) is 6. The normalized spacial score (nSPS) is 17.8. The molecule has 9 heteroatoms. The third kappa shape index (κ3) is 3.91. The van der Waals surface area contributed by atoms with E-state index in [1.165, 1.54) is 17.3 Å². The number of carbonyl (C=O) groups excluding carboxylic acids is 1. The van der Waals surface area contributed by atoms with Crippen LogP contribution in [0.4, 0.5) is 5.69 Å². The molecule has 156 valence electrons. The van der Waals surface area contributed by atoms with E-state index in [2.05, 4.69) is 43.8 Å². The number of rotatable bonds is 4. The number of nitrogens with one attached hydrogen (secondary N) is 2. The van der Waals surface area contributed by atoms with Crippen molar-refractivity contribution in [2.75, 3.05) is 17.9 Å². The van der Waals surface area contributed by atoms with E-state index in [0.717, 1.165) is 32.9 Å². The van der Waals surface area contributed by atoms with Gasteiger partial charge in [-0.1, -0.05) is 23.9 Å². The highest BCUT2D eigenvalue weighted by atomic mass is 79.9. The first kappa shape index (κ1) is 20.7. The molecule has 0 bridgehead atoms. The monoisotopic (exact) mass is 487 g/mol. The number of anilines is 1. The standard InChI is InChI=1S/C21H22BrN5O2S/c1-11-5-7-15(9-12(11)2)23-20(28)19-18(14-6-8-17(29-4)16(22)10-14)26-27-13(3)24-25-21(27)30-19/h5-10,18-19,26H,1-4H3,(H,23,28)/t18-,19+/m0/s1. The second-order valence-electron chi connectivity index (χ2n) is 7.19. The average Bonchev–Trinajstić information content (AvgIpc) is 3.09. The molecule has 0 fully saturated rings. The molecule has 1 aromatic heterocycles. The fourth-order valence-electron chi connectivity index (χ4n) is 3.32. The third-order valence-electron chi connectivity index (χ3n) is 5.17. The van der Waals surface area contributed by atoms with E-state index in [1.54, 1.807) is 7.11 Å². The zero-order valence-corrected chi connectivity index (χ0v) is 19.5. The Labute approximate surface area is 187 Å².